The first-order valence-electron chi connectivity index (χ1n) is 9.02. The number of rotatable bonds is 7. The molecule has 1 aliphatic heterocycles. The normalized spacial score (nSPS) is 15.8. The molecular formula is C21H21ClN2O5. The number of methoxy groups -OCH3 is 2. The van der Waals surface area contributed by atoms with E-state index in [9.17, 15) is 9.59 Å². The van der Waals surface area contributed by atoms with E-state index in [0.717, 1.165) is 11.1 Å². The van der Waals surface area contributed by atoms with Crippen molar-refractivity contribution < 1.29 is 24.2 Å². The van der Waals surface area contributed by atoms with Crippen molar-refractivity contribution in [1.82, 2.24) is 5.01 Å². The van der Waals surface area contributed by atoms with E-state index in [1.54, 1.807) is 26.4 Å². The Bertz CT molecular complexity index is 938. The Labute approximate surface area is 173 Å². The molecule has 0 spiro atoms. The number of carboxylic acids is 1. The average molecular weight is 417 g/mol. The number of halogens is 1. The van der Waals surface area contributed by atoms with Gasteiger partial charge in [0.1, 0.15) is 11.5 Å². The van der Waals surface area contributed by atoms with Crippen molar-refractivity contribution in [3.8, 4) is 11.5 Å². The lowest BCUT2D eigenvalue weighted by molar-refractivity contribution is -0.141. The summed E-state index contributed by atoms with van der Waals surface area (Å²) >= 11 is 6.37. The number of ether oxygens (including phenoxy) is 2. The van der Waals surface area contributed by atoms with Gasteiger partial charge in [0.25, 0.3) is 0 Å². The zero-order chi connectivity index (χ0) is 21.0. The zero-order valence-corrected chi connectivity index (χ0v) is 16.8. The minimum atomic E-state index is -1.03. The maximum absolute atomic E-state index is 12.7. The molecule has 0 aliphatic carbocycles. The number of carbonyl (C=O) groups is 2. The molecule has 1 amide bonds. The van der Waals surface area contributed by atoms with Crippen LogP contribution in [-0.2, 0) is 9.59 Å². The molecule has 0 fully saturated rings. The summed E-state index contributed by atoms with van der Waals surface area (Å²) in [7, 11) is 3.12. The summed E-state index contributed by atoms with van der Waals surface area (Å²) in [5.74, 6) is -0.199. The summed E-state index contributed by atoms with van der Waals surface area (Å²) in [6, 6.07) is 12.2. The lowest BCUT2D eigenvalue weighted by Crippen LogP contribution is -2.27. The van der Waals surface area contributed by atoms with Crippen LogP contribution in [0.2, 0.25) is 5.02 Å². The molecule has 0 saturated heterocycles. The highest BCUT2D eigenvalue weighted by Gasteiger charge is 2.34. The van der Waals surface area contributed by atoms with Crippen LogP contribution in [0.3, 0.4) is 0 Å². The number of amides is 1. The number of hydrazone groups is 1. The first kappa shape index (κ1) is 20.7. The van der Waals surface area contributed by atoms with E-state index in [1.165, 1.54) is 5.01 Å². The average Bonchev–Trinajstić information content (AvgIpc) is 3.17. The van der Waals surface area contributed by atoms with Gasteiger partial charge in [-0.15, -0.1) is 0 Å². The quantitative estimate of drug-likeness (QED) is 0.739. The molecule has 1 N–H and O–H groups in total. The van der Waals surface area contributed by atoms with Crippen LogP contribution in [0.4, 0.5) is 0 Å². The van der Waals surface area contributed by atoms with Crippen LogP contribution in [0, 0.1) is 0 Å². The second-order valence-corrected chi connectivity index (χ2v) is 6.93. The number of carboxylic acid groups (broad SMARTS) is 1. The molecule has 0 saturated carbocycles. The van der Waals surface area contributed by atoms with Crippen molar-refractivity contribution in [2.45, 2.75) is 25.3 Å². The minimum Gasteiger partial charge on any atom is -0.497 e. The van der Waals surface area contributed by atoms with Gasteiger partial charge in [-0.1, -0.05) is 29.8 Å². The zero-order valence-electron chi connectivity index (χ0n) is 16.1. The number of benzene rings is 2. The molecule has 2 aromatic rings. The molecule has 1 atom stereocenters. The van der Waals surface area contributed by atoms with E-state index in [1.807, 2.05) is 30.3 Å². The maximum atomic E-state index is 12.7. The highest BCUT2D eigenvalue weighted by atomic mass is 35.5. The number of hydrogen-bond donors (Lipinski definition) is 1. The molecule has 7 nitrogen and oxygen atoms in total. The van der Waals surface area contributed by atoms with Gasteiger partial charge in [-0.25, -0.2) is 5.01 Å². The van der Waals surface area contributed by atoms with Crippen molar-refractivity contribution >= 4 is 29.2 Å². The topological polar surface area (TPSA) is 88.4 Å². The first-order chi connectivity index (χ1) is 13.9. The van der Waals surface area contributed by atoms with Gasteiger partial charge in [0, 0.05) is 29.5 Å². The van der Waals surface area contributed by atoms with Gasteiger partial charge in [-0.05, 0) is 23.8 Å². The lowest BCUT2D eigenvalue weighted by atomic mass is 9.98. The van der Waals surface area contributed by atoms with Gasteiger partial charge in [-0.3, -0.25) is 9.59 Å². The molecule has 152 valence electrons. The summed E-state index contributed by atoms with van der Waals surface area (Å²) in [6.45, 7) is 0. The number of nitrogens with zero attached hydrogens (tertiary/aromatic N) is 2. The third-order valence-corrected chi connectivity index (χ3v) is 5.01. The fourth-order valence-corrected chi connectivity index (χ4v) is 3.47. The van der Waals surface area contributed by atoms with Gasteiger partial charge in [-0.2, -0.15) is 5.10 Å². The summed E-state index contributed by atoms with van der Waals surface area (Å²) < 4.78 is 10.6. The van der Waals surface area contributed by atoms with Crippen LogP contribution < -0.4 is 9.47 Å². The van der Waals surface area contributed by atoms with Crippen LogP contribution in [0.1, 0.15) is 36.4 Å². The van der Waals surface area contributed by atoms with E-state index in [2.05, 4.69) is 5.10 Å². The number of carbonyl (C=O) groups excluding carboxylic acids is 1. The molecule has 29 heavy (non-hydrogen) atoms. The van der Waals surface area contributed by atoms with Crippen LogP contribution >= 0.6 is 11.6 Å². The number of aliphatic carboxylic acids is 1. The fourth-order valence-electron chi connectivity index (χ4n) is 3.20. The summed E-state index contributed by atoms with van der Waals surface area (Å²) in [4.78, 5) is 23.6. The number of hydrogen-bond acceptors (Lipinski definition) is 5. The lowest BCUT2D eigenvalue weighted by Gasteiger charge is -2.22. The predicted molar refractivity (Wildman–Crippen MR) is 109 cm³/mol. The van der Waals surface area contributed by atoms with Crippen LogP contribution in [0.15, 0.2) is 47.6 Å². The molecule has 0 bridgehead atoms. The Kier molecular flexibility index (Phi) is 6.39. The van der Waals surface area contributed by atoms with Crippen LogP contribution in [0.5, 0.6) is 11.5 Å². The molecule has 8 heteroatoms. The standard InChI is InChI=1S/C21H21ClN2O5/c1-28-14-9-13(10-15(11-14)29-2)18-12-19(16-5-3-4-6-17(16)22)24(23-18)20(25)7-8-21(26)27/h3-6,9-11,19H,7-8,12H2,1-2H3,(H,26,27)/t19-/m1/s1. The Morgan fingerprint density at radius 1 is 1.14 bits per heavy atom. The van der Waals surface area contributed by atoms with Crippen molar-refractivity contribution in [1.29, 1.82) is 0 Å². The Morgan fingerprint density at radius 3 is 2.38 bits per heavy atom. The second-order valence-electron chi connectivity index (χ2n) is 6.52. The third kappa shape index (κ3) is 4.68. The Hall–Kier alpha value is -3.06. The first-order valence-corrected chi connectivity index (χ1v) is 9.40. The van der Waals surface area contributed by atoms with E-state index in [4.69, 9.17) is 26.2 Å². The second kappa shape index (κ2) is 8.96. The predicted octanol–water partition coefficient (Wildman–Crippen LogP) is 3.90. The molecule has 0 radical (unpaired) electrons. The van der Waals surface area contributed by atoms with E-state index in [-0.39, 0.29) is 18.7 Å². The van der Waals surface area contributed by atoms with Gasteiger partial charge >= 0.3 is 5.97 Å². The molecule has 2 aromatic carbocycles. The SMILES string of the molecule is COc1cc(OC)cc(C2=NN(C(=O)CCC(=O)O)[C@@H](c3ccccc3Cl)C2)c1. The molecule has 0 unspecified atom stereocenters. The van der Waals surface area contributed by atoms with Crippen LogP contribution in [-0.4, -0.2) is 41.9 Å². The molecule has 0 aromatic heterocycles. The largest absolute Gasteiger partial charge is 0.497 e. The van der Waals surface area contributed by atoms with E-state index in [0.29, 0.717) is 28.7 Å². The van der Waals surface area contributed by atoms with Crippen LogP contribution in [0.25, 0.3) is 0 Å². The van der Waals surface area contributed by atoms with E-state index < -0.39 is 12.0 Å². The highest BCUT2D eigenvalue weighted by molar-refractivity contribution is 6.31. The molecule has 1 heterocycles. The van der Waals surface area contributed by atoms with Gasteiger partial charge in [0.05, 0.1) is 32.4 Å². The monoisotopic (exact) mass is 416 g/mol. The minimum absolute atomic E-state index is 0.144. The van der Waals surface area contributed by atoms with Crippen molar-refractivity contribution in [3.63, 3.8) is 0 Å². The summed E-state index contributed by atoms with van der Waals surface area (Å²) in [6.07, 6.45) is 0.0236. The summed E-state index contributed by atoms with van der Waals surface area (Å²) in [5, 5.41) is 15.3. The van der Waals surface area contributed by atoms with Gasteiger partial charge in [0.15, 0.2) is 0 Å². The van der Waals surface area contributed by atoms with Crippen molar-refractivity contribution in [3.05, 3.63) is 58.6 Å². The van der Waals surface area contributed by atoms with Crippen molar-refractivity contribution in [2.24, 2.45) is 5.10 Å². The van der Waals surface area contributed by atoms with Gasteiger partial charge < -0.3 is 14.6 Å². The third-order valence-electron chi connectivity index (χ3n) is 4.67. The molecular weight excluding hydrogens is 396 g/mol. The highest BCUT2D eigenvalue weighted by Crippen LogP contribution is 2.37. The van der Waals surface area contributed by atoms with Gasteiger partial charge in [0.2, 0.25) is 5.91 Å². The fraction of sp³-hybridized carbons (Fsp3) is 0.286. The van der Waals surface area contributed by atoms with Crippen molar-refractivity contribution in [2.75, 3.05) is 14.2 Å². The van der Waals surface area contributed by atoms with E-state index >= 15 is 0 Å². The maximum Gasteiger partial charge on any atom is 0.303 e. The summed E-state index contributed by atoms with van der Waals surface area (Å²) in [5.41, 5.74) is 2.18. The Balaban J connectivity index is 1.99. The smallest absolute Gasteiger partial charge is 0.303 e. The Morgan fingerprint density at radius 2 is 1.79 bits per heavy atom. The molecule has 1 aliphatic rings. The molecule has 3 rings (SSSR count).